The van der Waals surface area contributed by atoms with Gasteiger partial charge < -0.3 is 24.2 Å². The van der Waals surface area contributed by atoms with Crippen LogP contribution in [0.3, 0.4) is 0 Å². The molecule has 0 aliphatic heterocycles. The number of ether oxygens (including phenoxy) is 1. The maximum absolute atomic E-state index is 14.9. The Hall–Kier alpha value is -4.65. The van der Waals surface area contributed by atoms with Crippen LogP contribution >= 0.6 is 0 Å². The molecule has 0 saturated heterocycles. The van der Waals surface area contributed by atoms with Crippen molar-refractivity contribution in [3.8, 4) is 28.5 Å². The Morgan fingerprint density at radius 3 is 2.14 bits per heavy atom. The van der Waals surface area contributed by atoms with E-state index in [1.807, 2.05) is 46.8 Å². The lowest BCUT2D eigenvalue weighted by Crippen LogP contribution is -2.51. The van der Waals surface area contributed by atoms with Gasteiger partial charge in [0.25, 0.3) is 11.8 Å². The van der Waals surface area contributed by atoms with Crippen molar-refractivity contribution in [1.29, 1.82) is 0 Å². The Morgan fingerprint density at radius 2 is 1.57 bits per heavy atom. The number of carboxylic acids is 1. The number of hydrogen-bond donors (Lipinski definition) is 3. The first-order chi connectivity index (χ1) is 20.0. The molecule has 2 aromatic carbocycles. The molecule has 0 aliphatic carbocycles. The predicted molar refractivity (Wildman–Crippen MR) is 149 cm³/mol. The molecular formula is C29H33FN6O6. The van der Waals surface area contributed by atoms with Crippen LogP contribution in [0, 0.1) is 11.7 Å². The molecule has 222 valence electrons. The van der Waals surface area contributed by atoms with E-state index in [1.54, 1.807) is 12.1 Å². The average molecular weight is 581 g/mol. The molecule has 0 radical (unpaired) electrons. The second-order valence-corrected chi connectivity index (χ2v) is 10.3. The molecule has 2 atom stereocenters. The highest BCUT2D eigenvalue weighted by Gasteiger charge is 2.24. The van der Waals surface area contributed by atoms with Gasteiger partial charge in [-0.3, -0.25) is 10.1 Å². The number of halogens is 1. The highest BCUT2D eigenvalue weighted by atomic mass is 19.1. The Labute approximate surface area is 241 Å². The maximum atomic E-state index is 14.9. The quantitative estimate of drug-likeness (QED) is 0.183. The van der Waals surface area contributed by atoms with Crippen LogP contribution in [-0.2, 0) is 4.79 Å². The smallest absolute Gasteiger partial charge is 0.341 e. The summed E-state index contributed by atoms with van der Waals surface area (Å²) in [5.74, 6) is -0.844. The lowest BCUT2D eigenvalue weighted by molar-refractivity contribution is -0.140. The van der Waals surface area contributed by atoms with Crippen LogP contribution in [0.5, 0.6) is 5.75 Å². The molecule has 0 fully saturated rings. The summed E-state index contributed by atoms with van der Waals surface area (Å²) in [6, 6.07) is 10.9. The number of carboxylic acid groups (broad SMARTS) is 1. The van der Waals surface area contributed by atoms with Crippen LogP contribution < -0.4 is 15.4 Å². The lowest BCUT2D eigenvalue weighted by Gasteiger charge is -2.17. The number of benzene rings is 2. The Bertz CT molecular complexity index is 1520. The van der Waals surface area contributed by atoms with E-state index in [2.05, 4.69) is 30.9 Å². The van der Waals surface area contributed by atoms with Crippen LogP contribution in [0.25, 0.3) is 22.8 Å². The third kappa shape index (κ3) is 7.35. The number of amides is 1. The molecule has 0 bridgehead atoms. The molecule has 4 rings (SSSR count). The van der Waals surface area contributed by atoms with Gasteiger partial charge in [0.1, 0.15) is 11.6 Å². The van der Waals surface area contributed by atoms with Gasteiger partial charge in [-0.15, -0.1) is 0 Å². The minimum atomic E-state index is -1.36. The highest BCUT2D eigenvalue weighted by Crippen LogP contribution is 2.28. The molecule has 1 amide bonds. The molecule has 2 unspecified atom stereocenters. The van der Waals surface area contributed by atoms with Crippen molar-refractivity contribution in [1.82, 2.24) is 30.9 Å². The summed E-state index contributed by atoms with van der Waals surface area (Å²) >= 11 is 0. The van der Waals surface area contributed by atoms with Gasteiger partial charge in [0.2, 0.25) is 17.5 Å². The van der Waals surface area contributed by atoms with Crippen LogP contribution in [0.1, 0.15) is 75.2 Å². The van der Waals surface area contributed by atoms with Gasteiger partial charge in [-0.1, -0.05) is 51.0 Å². The van der Waals surface area contributed by atoms with Gasteiger partial charge in [0.05, 0.1) is 5.56 Å². The van der Waals surface area contributed by atoms with Gasteiger partial charge in [-0.2, -0.15) is 9.97 Å². The molecule has 4 aromatic rings. The maximum Gasteiger partial charge on any atom is 0.341 e. The number of carbonyl (C=O) groups excluding carboxylic acids is 1. The second-order valence-electron chi connectivity index (χ2n) is 10.3. The minimum absolute atomic E-state index is 0.105. The minimum Gasteiger partial charge on any atom is -0.481 e. The Kier molecular flexibility index (Phi) is 9.63. The second kappa shape index (κ2) is 13.3. The molecule has 0 aliphatic rings. The zero-order chi connectivity index (χ0) is 30.4. The van der Waals surface area contributed by atoms with Crippen molar-refractivity contribution in [2.75, 3.05) is 6.54 Å². The van der Waals surface area contributed by atoms with Crippen molar-refractivity contribution in [3.05, 3.63) is 65.6 Å². The summed E-state index contributed by atoms with van der Waals surface area (Å²) in [5.41, 5.74) is 0.724. The molecule has 0 saturated carbocycles. The highest BCUT2D eigenvalue weighted by molar-refractivity contribution is 5.97. The van der Waals surface area contributed by atoms with Crippen molar-refractivity contribution in [3.63, 3.8) is 0 Å². The van der Waals surface area contributed by atoms with Crippen LogP contribution in [0.2, 0.25) is 0 Å². The van der Waals surface area contributed by atoms with Crippen LogP contribution in [-0.4, -0.2) is 50.0 Å². The Balaban J connectivity index is 1.43. The largest absolute Gasteiger partial charge is 0.481 e. The number of rotatable bonds is 13. The van der Waals surface area contributed by atoms with Crippen molar-refractivity contribution < 1.29 is 32.9 Å². The monoisotopic (exact) mass is 580 g/mol. The molecular weight excluding hydrogens is 547 g/mol. The van der Waals surface area contributed by atoms with Crippen LogP contribution in [0.4, 0.5) is 4.39 Å². The van der Waals surface area contributed by atoms with E-state index >= 15 is 0 Å². The summed E-state index contributed by atoms with van der Waals surface area (Å²) in [5, 5.41) is 22.3. The third-order valence-electron chi connectivity index (χ3n) is 6.14. The van der Waals surface area contributed by atoms with E-state index in [0.29, 0.717) is 30.4 Å². The van der Waals surface area contributed by atoms with Gasteiger partial charge >= 0.3 is 5.97 Å². The fraction of sp³-hybridized carbons (Fsp3) is 0.379. The van der Waals surface area contributed by atoms with Crippen molar-refractivity contribution in [2.24, 2.45) is 5.92 Å². The predicted octanol–water partition coefficient (Wildman–Crippen LogP) is 4.97. The summed E-state index contributed by atoms with van der Waals surface area (Å²) in [4.78, 5) is 32.8. The first-order valence-corrected chi connectivity index (χ1v) is 13.6. The molecule has 12 nitrogen and oxygen atoms in total. The molecule has 13 heteroatoms. The number of nitrogens with one attached hydrogen (secondary N) is 2. The molecule has 0 spiro atoms. The molecule has 2 heterocycles. The van der Waals surface area contributed by atoms with E-state index in [-0.39, 0.29) is 34.7 Å². The number of hydrogen-bond acceptors (Lipinski definition) is 10. The van der Waals surface area contributed by atoms with Gasteiger partial charge in [-0.25, -0.2) is 9.18 Å². The first-order valence-electron chi connectivity index (χ1n) is 13.6. The number of aromatic nitrogens is 4. The summed E-state index contributed by atoms with van der Waals surface area (Å²) in [6.45, 7) is 9.97. The van der Waals surface area contributed by atoms with E-state index in [0.717, 1.165) is 11.6 Å². The average Bonchev–Trinajstić information content (AvgIpc) is 3.65. The molecule has 2 aromatic heterocycles. The summed E-state index contributed by atoms with van der Waals surface area (Å²) in [7, 11) is 0. The fourth-order valence-electron chi connectivity index (χ4n) is 3.83. The lowest BCUT2D eigenvalue weighted by atomic mass is 10.1. The van der Waals surface area contributed by atoms with Crippen LogP contribution in [0.15, 0.2) is 51.5 Å². The number of nitrogens with zero attached hydrogens (tertiary/aromatic N) is 4. The zero-order valence-corrected chi connectivity index (χ0v) is 23.9. The molecule has 42 heavy (non-hydrogen) atoms. The molecule has 3 N–H and O–H groups in total. The zero-order valence-electron chi connectivity index (χ0n) is 23.9. The van der Waals surface area contributed by atoms with Gasteiger partial charge in [-0.05, 0) is 55.3 Å². The van der Waals surface area contributed by atoms with E-state index in [1.165, 1.54) is 12.1 Å². The van der Waals surface area contributed by atoms with E-state index in [9.17, 15) is 19.1 Å². The number of carbonyl (C=O) groups is 2. The third-order valence-corrected chi connectivity index (χ3v) is 6.14. The fourth-order valence-corrected chi connectivity index (χ4v) is 3.83. The van der Waals surface area contributed by atoms with Crippen molar-refractivity contribution in [2.45, 2.75) is 59.2 Å². The van der Waals surface area contributed by atoms with Crippen molar-refractivity contribution >= 4 is 11.9 Å². The standard InChI is InChI=1S/C29H33FN6O6/c1-6-22(40-19-10-7-17(8-11-19)23-33-27(16(4)5)41-35-23)28-34-24(36-42-28)18-9-12-20(21(30)13-18)26(37)32-25(29(38)39)31-14-15(2)3/h7-13,15-16,22,25,31H,6,14H2,1-5H3,(H,32,37)(H,38,39). The van der Waals surface area contributed by atoms with E-state index < -0.39 is 30.0 Å². The normalized spacial score (nSPS) is 12.9. The summed E-state index contributed by atoms with van der Waals surface area (Å²) in [6.07, 6.45) is -1.43. The Morgan fingerprint density at radius 1 is 0.952 bits per heavy atom. The topological polar surface area (TPSA) is 166 Å². The van der Waals surface area contributed by atoms with E-state index in [4.69, 9.17) is 13.8 Å². The SMILES string of the molecule is CCC(Oc1ccc(-c2noc(C(C)C)n2)cc1)c1nc(-c2ccc(C(=O)NC(NCC(C)C)C(=O)O)c(F)c2)no1. The number of aliphatic carboxylic acids is 1. The van der Waals surface area contributed by atoms with Gasteiger partial charge in [0, 0.05) is 17.0 Å². The summed E-state index contributed by atoms with van der Waals surface area (Å²) < 4.78 is 31.6. The van der Waals surface area contributed by atoms with Gasteiger partial charge in [0.15, 0.2) is 12.3 Å². The first kappa shape index (κ1) is 30.3.